The molecular formula is C17H28N2O. The van der Waals surface area contributed by atoms with E-state index in [4.69, 9.17) is 0 Å². The van der Waals surface area contributed by atoms with Gasteiger partial charge in [-0.2, -0.15) is 0 Å². The number of hydrogen-bond acceptors (Lipinski definition) is 3. The molecule has 112 valence electrons. The summed E-state index contributed by atoms with van der Waals surface area (Å²) < 4.78 is 0. The van der Waals surface area contributed by atoms with Crippen molar-refractivity contribution in [3.05, 3.63) is 48.0 Å². The lowest BCUT2D eigenvalue weighted by molar-refractivity contribution is 0.199. The van der Waals surface area contributed by atoms with Crippen molar-refractivity contribution >= 4 is 0 Å². The predicted octanol–water partition coefficient (Wildman–Crippen LogP) is 2.43. The Balaban J connectivity index is 2.48. The summed E-state index contributed by atoms with van der Waals surface area (Å²) in [5, 5.41) is 12.6. The summed E-state index contributed by atoms with van der Waals surface area (Å²) in [6.07, 6.45) is 0. The van der Waals surface area contributed by atoms with E-state index in [1.807, 2.05) is 18.2 Å². The number of hydrogen-bond donors (Lipinski definition) is 2. The maximum atomic E-state index is 9.20. The van der Waals surface area contributed by atoms with Crippen LogP contribution in [-0.4, -0.2) is 41.8 Å². The van der Waals surface area contributed by atoms with E-state index in [1.54, 1.807) is 0 Å². The van der Waals surface area contributed by atoms with Gasteiger partial charge in [-0.05, 0) is 31.9 Å². The fraction of sp³-hybridized carbons (Fsp3) is 0.529. The van der Waals surface area contributed by atoms with Crippen molar-refractivity contribution in [2.45, 2.75) is 32.9 Å². The first kappa shape index (κ1) is 16.9. The van der Waals surface area contributed by atoms with Gasteiger partial charge >= 0.3 is 0 Å². The molecule has 0 heterocycles. The second kappa shape index (κ2) is 8.20. The van der Waals surface area contributed by atoms with Crippen LogP contribution in [0.2, 0.25) is 0 Å². The van der Waals surface area contributed by atoms with Gasteiger partial charge in [-0.3, -0.25) is 4.90 Å². The zero-order chi connectivity index (χ0) is 15.0. The Hall–Kier alpha value is -1.16. The Kier molecular flexibility index (Phi) is 6.93. The van der Waals surface area contributed by atoms with Crippen LogP contribution in [0.1, 0.15) is 26.3 Å². The van der Waals surface area contributed by atoms with Gasteiger partial charge in [0.25, 0.3) is 0 Å². The monoisotopic (exact) mass is 276 g/mol. The zero-order valence-electron chi connectivity index (χ0n) is 13.0. The standard InChI is InChI=1S/C17H28N2O/c1-15(12-18-17(2,3)4)13-19(10-11-20)14-16-8-6-5-7-9-16/h5-9,18,20H,1,10-14H2,2-4H3. The molecule has 0 unspecified atom stereocenters. The summed E-state index contributed by atoms with van der Waals surface area (Å²) in [6.45, 7) is 13.9. The quantitative estimate of drug-likeness (QED) is 0.716. The lowest BCUT2D eigenvalue weighted by atomic mass is 10.1. The minimum atomic E-state index is 0.101. The average molecular weight is 276 g/mol. The van der Waals surface area contributed by atoms with Gasteiger partial charge in [0.15, 0.2) is 0 Å². The number of rotatable bonds is 8. The van der Waals surface area contributed by atoms with Crippen LogP contribution in [0.5, 0.6) is 0 Å². The second-order valence-electron chi connectivity index (χ2n) is 6.27. The molecule has 20 heavy (non-hydrogen) atoms. The molecule has 0 aliphatic carbocycles. The van der Waals surface area contributed by atoms with Crippen molar-refractivity contribution in [3.63, 3.8) is 0 Å². The van der Waals surface area contributed by atoms with E-state index < -0.39 is 0 Å². The fourth-order valence-electron chi connectivity index (χ4n) is 1.96. The van der Waals surface area contributed by atoms with Crippen LogP contribution in [0, 0.1) is 0 Å². The van der Waals surface area contributed by atoms with Crippen molar-refractivity contribution in [2.24, 2.45) is 0 Å². The van der Waals surface area contributed by atoms with Crippen molar-refractivity contribution in [2.75, 3.05) is 26.2 Å². The molecule has 0 amide bonds. The molecule has 0 saturated heterocycles. The first-order valence-corrected chi connectivity index (χ1v) is 7.19. The lowest BCUT2D eigenvalue weighted by Crippen LogP contribution is -2.39. The molecule has 0 saturated carbocycles. The van der Waals surface area contributed by atoms with Crippen LogP contribution in [0.15, 0.2) is 42.5 Å². The summed E-state index contributed by atoms with van der Waals surface area (Å²) in [5.41, 5.74) is 2.51. The molecular weight excluding hydrogens is 248 g/mol. The SMILES string of the molecule is C=C(CNC(C)(C)C)CN(CCO)Cc1ccccc1. The third kappa shape index (κ3) is 7.43. The van der Waals surface area contributed by atoms with Crippen molar-refractivity contribution in [3.8, 4) is 0 Å². The molecule has 0 aliphatic heterocycles. The summed E-state index contributed by atoms with van der Waals surface area (Å²) in [5.74, 6) is 0. The van der Waals surface area contributed by atoms with Crippen LogP contribution in [0.4, 0.5) is 0 Å². The Labute approximate surface area is 123 Å². The average Bonchev–Trinajstić information content (AvgIpc) is 2.37. The van der Waals surface area contributed by atoms with E-state index in [2.05, 4.69) is 49.7 Å². The Morgan fingerprint density at radius 3 is 2.45 bits per heavy atom. The van der Waals surface area contributed by atoms with Gasteiger partial charge in [-0.1, -0.05) is 36.9 Å². The smallest absolute Gasteiger partial charge is 0.0558 e. The second-order valence-corrected chi connectivity index (χ2v) is 6.27. The highest BCUT2D eigenvalue weighted by molar-refractivity contribution is 5.15. The first-order chi connectivity index (χ1) is 9.40. The number of benzene rings is 1. The van der Waals surface area contributed by atoms with E-state index >= 15 is 0 Å². The minimum absolute atomic E-state index is 0.101. The van der Waals surface area contributed by atoms with Crippen LogP contribution >= 0.6 is 0 Å². The molecule has 0 fully saturated rings. The molecule has 1 aromatic rings. The lowest BCUT2D eigenvalue weighted by Gasteiger charge is -2.25. The van der Waals surface area contributed by atoms with E-state index in [0.29, 0.717) is 6.54 Å². The molecule has 2 N–H and O–H groups in total. The summed E-state index contributed by atoms with van der Waals surface area (Å²) >= 11 is 0. The van der Waals surface area contributed by atoms with E-state index in [1.165, 1.54) is 5.56 Å². The normalized spacial score (nSPS) is 11.8. The van der Waals surface area contributed by atoms with E-state index in [9.17, 15) is 5.11 Å². The predicted molar refractivity (Wildman–Crippen MR) is 85.7 cm³/mol. The molecule has 1 rings (SSSR count). The highest BCUT2D eigenvalue weighted by Crippen LogP contribution is 2.07. The Morgan fingerprint density at radius 2 is 1.90 bits per heavy atom. The zero-order valence-corrected chi connectivity index (χ0v) is 13.0. The molecule has 0 aliphatic rings. The van der Waals surface area contributed by atoms with Gasteiger partial charge in [0.05, 0.1) is 6.61 Å². The largest absolute Gasteiger partial charge is 0.395 e. The maximum absolute atomic E-state index is 9.20. The summed E-state index contributed by atoms with van der Waals surface area (Å²) in [4.78, 5) is 2.22. The highest BCUT2D eigenvalue weighted by atomic mass is 16.3. The topological polar surface area (TPSA) is 35.5 Å². The van der Waals surface area contributed by atoms with Crippen molar-refractivity contribution in [1.82, 2.24) is 10.2 Å². The van der Waals surface area contributed by atoms with Gasteiger partial charge in [-0.25, -0.2) is 0 Å². The van der Waals surface area contributed by atoms with Gasteiger partial charge < -0.3 is 10.4 Å². The summed E-state index contributed by atoms with van der Waals surface area (Å²) in [6, 6.07) is 10.3. The van der Waals surface area contributed by atoms with Gasteiger partial charge in [0.1, 0.15) is 0 Å². The van der Waals surface area contributed by atoms with Crippen LogP contribution in [0.3, 0.4) is 0 Å². The molecule has 0 aromatic heterocycles. The van der Waals surface area contributed by atoms with Crippen molar-refractivity contribution in [1.29, 1.82) is 0 Å². The van der Waals surface area contributed by atoms with Gasteiger partial charge in [0.2, 0.25) is 0 Å². The van der Waals surface area contributed by atoms with Crippen LogP contribution in [-0.2, 0) is 6.54 Å². The molecule has 0 bridgehead atoms. The molecule has 3 nitrogen and oxygen atoms in total. The molecule has 0 spiro atoms. The van der Waals surface area contributed by atoms with E-state index in [0.717, 1.165) is 25.2 Å². The minimum Gasteiger partial charge on any atom is -0.395 e. The number of nitrogens with zero attached hydrogens (tertiary/aromatic N) is 1. The number of aliphatic hydroxyl groups is 1. The van der Waals surface area contributed by atoms with Crippen molar-refractivity contribution < 1.29 is 5.11 Å². The highest BCUT2D eigenvalue weighted by Gasteiger charge is 2.11. The third-order valence-corrected chi connectivity index (χ3v) is 2.98. The summed E-state index contributed by atoms with van der Waals surface area (Å²) in [7, 11) is 0. The molecule has 0 atom stereocenters. The third-order valence-electron chi connectivity index (χ3n) is 2.98. The van der Waals surface area contributed by atoms with Gasteiger partial charge in [0, 0.05) is 31.7 Å². The van der Waals surface area contributed by atoms with Crippen LogP contribution < -0.4 is 5.32 Å². The van der Waals surface area contributed by atoms with Crippen LogP contribution in [0.25, 0.3) is 0 Å². The molecule has 1 aromatic carbocycles. The first-order valence-electron chi connectivity index (χ1n) is 7.19. The number of nitrogens with one attached hydrogen (secondary N) is 1. The Morgan fingerprint density at radius 1 is 1.25 bits per heavy atom. The van der Waals surface area contributed by atoms with E-state index in [-0.39, 0.29) is 12.1 Å². The Bertz CT molecular complexity index is 395. The molecule has 3 heteroatoms. The number of aliphatic hydroxyl groups excluding tert-OH is 1. The molecule has 0 radical (unpaired) electrons. The fourth-order valence-corrected chi connectivity index (χ4v) is 1.96. The maximum Gasteiger partial charge on any atom is 0.0558 e. The van der Waals surface area contributed by atoms with Gasteiger partial charge in [-0.15, -0.1) is 0 Å².